The number of quaternary nitrogens is 1. The molecular weight excluding hydrogens is 362 g/mol. The second-order valence-electron chi connectivity index (χ2n) is 7.69. The first-order valence-corrected chi connectivity index (χ1v) is 10.0. The highest BCUT2D eigenvalue weighted by atomic mass is 16.7. The van der Waals surface area contributed by atoms with E-state index in [1.54, 1.807) is 0 Å². The maximum absolute atomic E-state index is 12.9. The van der Waals surface area contributed by atoms with Crippen LogP contribution in [0.1, 0.15) is 44.1 Å². The van der Waals surface area contributed by atoms with Gasteiger partial charge in [0.15, 0.2) is 0 Å². The molecule has 1 aromatic carbocycles. The summed E-state index contributed by atoms with van der Waals surface area (Å²) in [5.74, 6) is -0.292. The Hall–Kier alpha value is -1.96. The number of aliphatic hydroxyl groups is 1. The Morgan fingerprint density at radius 1 is 1.11 bits per heavy atom. The van der Waals surface area contributed by atoms with E-state index in [2.05, 4.69) is 0 Å². The number of carbonyl (C=O) groups is 2. The van der Waals surface area contributed by atoms with Gasteiger partial charge in [0.05, 0.1) is 32.2 Å². The van der Waals surface area contributed by atoms with Crippen LogP contribution in [0.3, 0.4) is 0 Å². The van der Waals surface area contributed by atoms with Gasteiger partial charge >= 0.3 is 18.5 Å². The number of likely N-dealkylation sites (tertiary alicyclic amines) is 1. The molecule has 0 spiro atoms. The minimum atomic E-state index is -1.24. The number of ether oxygens (including phenoxy) is 3. The smallest absolute Gasteiger partial charge is 0.469 e. The predicted octanol–water partition coefficient (Wildman–Crippen LogP) is 2.96. The molecule has 1 unspecified atom stereocenters. The van der Waals surface area contributed by atoms with E-state index in [9.17, 15) is 14.7 Å². The average Bonchev–Trinajstić information content (AvgIpc) is 3.24. The monoisotopic (exact) mass is 392 g/mol. The van der Waals surface area contributed by atoms with Gasteiger partial charge in [-0.25, -0.2) is 0 Å². The van der Waals surface area contributed by atoms with E-state index in [0.29, 0.717) is 38.8 Å². The molecule has 2 fully saturated rings. The van der Waals surface area contributed by atoms with Gasteiger partial charge in [-0.2, -0.15) is 9.28 Å². The van der Waals surface area contributed by atoms with Crippen molar-refractivity contribution in [2.75, 3.05) is 20.2 Å². The Kier molecular flexibility index (Phi) is 7.04. The average molecular weight is 392 g/mol. The Labute approximate surface area is 165 Å². The maximum atomic E-state index is 12.9. The van der Waals surface area contributed by atoms with E-state index in [1.165, 1.54) is 7.11 Å². The minimum absolute atomic E-state index is 0.104. The number of esters is 1. The second kappa shape index (κ2) is 9.49. The molecule has 0 aromatic heterocycles. The van der Waals surface area contributed by atoms with Crippen LogP contribution < -0.4 is 0 Å². The molecule has 3 rings (SSSR count). The van der Waals surface area contributed by atoms with Crippen molar-refractivity contribution in [3.8, 4) is 0 Å². The summed E-state index contributed by atoms with van der Waals surface area (Å²) < 4.78 is 16.0. The van der Waals surface area contributed by atoms with Crippen LogP contribution in [0.25, 0.3) is 0 Å². The van der Waals surface area contributed by atoms with Crippen molar-refractivity contribution in [1.82, 2.24) is 0 Å². The van der Waals surface area contributed by atoms with E-state index in [0.717, 1.165) is 18.4 Å². The normalized spacial score (nSPS) is 25.1. The topological polar surface area (TPSA) is 82.1 Å². The fraction of sp³-hybridized carbons (Fsp3) is 0.619. The summed E-state index contributed by atoms with van der Waals surface area (Å²) in [6, 6.07) is 9.49. The molecule has 7 heteroatoms. The van der Waals surface area contributed by atoms with Gasteiger partial charge in [0.25, 0.3) is 0 Å². The highest BCUT2D eigenvalue weighted by Crippen LogP contribution is 2.31. The van der Waals surface area contributed by atoms with E-state index in [4.69, 9.17) is 14.2 Å². The maximum Gasteiger partial charge on any atom is 0.520 e. The van der Waals surface area contributed by atoms with Crippen LogP contribution in [-0.2, 0) is 25.6 Å². The molecule has 1 aromatic rings. The number of carbonyl (C=O) groups excluding carboxylic acids is 2. The molecule has 1 aliphatic carbocycles. The number of rotatable bonds is 6. The van der Waals surface area contributed by atoms with E-state index in [-0.39, 0.29) is 29.1 Å². The van der Waals surface area contributed by atoms with Crippen molar-refractivity contribution in [1.29, 1.82) is 0 Å². The fourth-order valence-electron chi connectivity index (χ4n) is 4.13. The molecule has 1 aliphatic heterocycles. The van der Waals surface area contributed by atoms with Crippen LogP contribution in [0.15, 0.2) is 30.3 Å². The molecule has 1 amide bonds. The van der Waals surface area contributed by atoms with Crippen molar-refractivity contribution >= 4 is 12.1 Å². The molecule has 1 heterocycles. The number of methoxy groups -OCH3 is 1. The summed E-state index contributed by atoms with van der Waals surface area (Å²) in [5, 5.41) is 10.8. The zero-order chi connectivity index (χ0) is 20.0. The van der Waals surface area contributed by atoms with Crippen LogP contribution >= 0.6 is 0 Å². The van der Waals surface area contributed by atoms with E-state index < -0.39 is 12.5 Å². The SMILES string of the molecule is COC(=O)[C@H]1CC[C@@H](OC(O)[N+]2(C(=O)OCc3ccccc3)CCCC2)CC1. The van der Waals surface area contributed by atoms with Gasteiger partial charge in [0.2, 0.25) is 0 Å². The third-order valence-corrected chi connectivity index (χ3v) is 5.88. The summed E-state index contributed by atoms with van der Waals surface area (Å²) >= 11 is 0. The molecule has 1 saturated heterocycles. The summed E-state index contributed by atoms with van der Waals surface area (Å²) in [4.78, 5) is 24.5. The number of benzene rings is 1. The Bertz CT molecular complexity index is 650. The largest absolute Gasteiger partial charge is 0.520 e. The zero-order valence-corrected chi connectivity index (χ0v) is 16.4. The van der Waals surface area contributed by atoms with Gasteiger partial charge in [-0.3, -0.25) is 4.79 Å². The number of hydrogen-bond acceptors (Lipinski definition) is 6. The van der Waals surface area contributed by atoms with Gasteiger partial charge in [-0.05, 0) is 31.2 Å². The van der Waals surface area contributed by atoms with Crippen LogP contribution in [0.4, 0.5) is 4.79 Å². The molecule has 1 saturated carbocycles. The van der Waals surface area contributed by atoms with Crippen LogP contribution in [-0.4, -0.2) is 54.4 Å². The summed E-state index contributed by atoms with van der Waals surface area (Å²) in [7, 11) is 1.40. The zero-order valence-electron chi connectivity index (χ0n) is 16.4. The molecule has 0 radical (unpaired) electrons. The summed E-state index contributed by atoms with van der Waals surface area (Å²) in [6.07, 6.45) is 2.49. The third kappa shape index (κ3) is 4.71. The quantitative estimate of drug-likeness (QED) is 0.455. The standard InChI is InChI=1S/C21H30NO6/c1-26-19(23)17-9-11-18(12-10-17)28-21(25)22(13-5-6-14-22)20(24)27-15-16-7-3-2-4-8-16/h2-4,7-8,17-18,21,25H,5-6,9-15H2,1H3/q+1/t17-,18+,21?. The Morgan fingerprint density at radius 3 is 2.36 bits per heavy atom. The van der Waals surface area contributed by atoms with Crippen molar-refractivity contribution in [3.63, 3.8) is 0 Å². The molecule has 2 aliphatic rings. The van der Waals surface area contributed by atoms with Crippen molar-refractivity contribution < 1.29 is 33.4 Å². The Balaban J connectivity index is 1.56. The van der Waals surface area contributed by atoms with Gasteiger partial charge in [-0.1, -0.05) is 30.3 Å². The lowest BCUT2D eigenvalue weighted by atomic mass is 9.87. The van der Waals surface area contributed by atoms with E-state index >= 15 is 0 Å². The number of aliphatic hydroxyl groups excluding tert-OH is 1. The van der Waals surface area contributed by atoms with Crippen molar-refractivity contribution in [2.24, 2.45) is 5.92 Å². The van der Waals surface area contributed by atoms with Gasteiger partial charge in [0, 0.05) is 12.8 Å². The first kappa shape index (κ1) is 20.8. The lowest BCUT2D eigenvalue weighted by Gasteiger charge is -2.36. The van der Waals surface area contributed by atoms with Gasteiger partial charge < -0.3 is 19.3 Å². The van der Waals surface area contributed by atoms with Crippen LogP contribution in [0.5, 0.6) is 0 Å². The molecular formula is C21H30NO6+. The Morgan fingerprint density at radius 2 is 1.75 bits per heavy atom. The number of nitrogens with zero attached hydrogens (tertiary/aromatic N) is 1. The number of hydrogen-bond donors (Lipinski definition) is 1. The summed E-state index contributed by atoms with van der Waals surface area (Å²) in [5.41, 5.74) is 0.907. The van der Waals surface area contributed by atoms with Gasteiger partial charge in [0.1, 0.15) is 6.61 Å². The fourth-order valence-corrected chi connectivity index (χ4v) is 4.13. The number of amides is 1. The highest BCUT2D eigenvalue weighted by Gasteiger charge is 2.50. The molecule has 0 bridgehead atoms. The van der Waals surface area contributed by atoms with Gasteiger partial charge in [-0.15, -0.1) is 0 Å². The molecule has 28 heavy (non-hydrogen) atoms. The summed E-state index contributed by atoms with van der Waals surface area (Å²) in [6.45, 7) is 1.19. The van der Waals surface area contributed by atoms with Crippen LogP contribution in [0.2, 0.25) is 0 Å². The van der Waals surface area contributed by atoms with Crippen molar-refractivity contribution in [2.45, 2.75) is 57.6 Å². The third-order valence-electron chi connectivity index (χ3n) is 5.88. The molecule has 1 N–H and O–H groups in total. The minimum Gasteiger partial charge on any atom is -0.469 e. The second-order valence-corrected chi connectivity index (χ2v) is 7.69. The molecule has 1 atom stereocenters. The molecule has 7 nitrogen and oxygen atoms in total. The van der Waals surface area contributed by atoms with Crippen molar-refractivity contribution in [3.05, 3.63) is 35.9 Å². The first-order valence-electron chi connectivity index (χ1n) is 10.0. The highest BCUT2D eigenvalue weighted by molar-refractivity contribution is 5.72. The predicted molar refractivity (Wildman–Crippen MR) is 101 cm³/mol. The van der Waals surface area contributed by atoms with Crippen LogP contribution in [0, 0.1) is 5.92 Å². The lowest BCUT2D eigenvalue weighted by Crippen LogP contribution is -2.59. The van der Waals surface area contributed by atoms with E-state index in [1.807, 2.05) is 30.3 Å². The first-order chi connectivity index (χ1) is 13.5. The molecule has 154 valence electrons. The lowest BCUT2D eigenvalue weighted by molar-refractivity contribution is -0.922.